The molecule has 0 saturated carbocycles. The summed E-state index contributed by atoms with van der Waals surface area (Å²) in [6, 6.07) is 15.0. The Hall–Kier alpha value is -3.28. The van der Waals surface area contributed by atoms with Crippen molar-refractivity contribution >= 4 is 17.5 Å². The molecule has 0 aliphatic carbocycles. The van der Waals surface area contributed by atoms with Crippen LogP contribution in [0.3, 0.4) is 0 Å². The number of benzene rings is 1. The van der Waals surface area contributed by atoms with Gasteiger partial charge in [-0.1, -0.05) is 24.3 Å². The highest BCUT2D eigenvalue weighted by Gasteiger charge is 2.10. The summed E-state index contributed by atoms with van der Waals surface area (Å²) in [4.78, 5) is 25.0. The molecule has 0 spiro atoms. The molecule has 3 aromatic rings. The van der Waals surface area contributed by atoms with Gasteiger partial charge in [0.15, 0.2) is 0 Å². The lowest BCUT2D eigenvalue weighted by molar-refractivity contribution is 0.0945. The van der Waals surface area contributed by atoms with Crippen LogP contribution in [0.15, 0.2) is 60.9 Å². The largest absolute Gasteiger partial charge is 0.347 e. The van der Waals surface area contributed by atoms with Crippen LogP contribution in [-0.2, 0) is 6.54 Å². The molecule has 0 bridgehead atoms. The normalized spacial score (nSPS) is 10.2. The van der Waals surface area contributed by atoms with Gasteiger partial charge in [-0.2, -0.15) is 0 Å². The second-order valence-corrected chi connectivity index (χ2v) is 5.25. The summed E-state index contributed by atoms with van der Waals surface area (Å²) < 4.78 is 0. The molecule has 120 valence electrons. The van der Waals surface area contributed by atoms with Crippen molar-refractivity contribution in [3.63, 3.8) is 0 Å². The maximum atomic E-state index is 12.3. The van der Waals surface area contributed by atoms with Crippen molar-refractivity contribution in [3.8, 4) is 0 Å². The third-order valence-corrected chi connectivity index (χ3v) is 3.29. The molecule has 6 heteroatoms. The zero-order valence-electron chi connectivity index (χ0n) is 13.2. The highest BCUT2D eigenvalue weighted by Crippen LogP contribution is 2.13. The van der Waals surface area contributed by atoms with Crippen molar-refractivity contribution in [3.05, 3.63) is 77.9 Å². The second-order valence-electron chi connectivity index (χ2n) is 5.25. The predicted molar refractivity (Wildman–Crippen MR) is 91.9 cm³/mol. The molecule has 24 heavy (non-hydrogen) atoms. The summed E-state index contributed by atoms with van der Waals surface area (Å²) in [6.45, 7) is 2.23. The number of amides is 1. The van der Waals surface area contributed by atoms with Crippen LogP contribution in [0.25, 0.3) is 0 Å². The van der Waals surface area contributed by atoms with E-state index >= 15 is 0 Å². The summed E-state index contributed by atoms with van der Waals surface area (Å²) >= 11 is 0. The highest BCUT2D eigenvalue weighted by atomic mass is 16.1. The van der Waals surface area contributed by atoms with Gasteiger partial charge < -0.3 is 10.6 Å². The molecule has 0 unspecified atom stereocenters. The Morgan fingerprint density at radius 1 is 1.08 bits per heavy atom. The second kappa shape index (κ2) is 7.32. The fraction of sp³-hybridized carbons (Fsp3) is 0.111. The Kier molecular flexibility index (Phi) is 4.76. The van der Waals surface area contributed by atoms with E-state index in [4.69, 9.17) is 0 Å². The molecule has 1 aromatic carbocycles. The fourth-order valence-electron chi connectivity index (χ4n) is 2.17. The Labute approximate surface area is 140 Å². The quantitative estimate of drug-likeness (QED) is 0.756. The number of aryl methyl sites for hydroxylation is 1. The lowest BCUT2D eigenvalue weighted by Gasteiger charge is -2.09. The van der Waals surface area contributed by atoms with E-state index in [9.17, 15) is 4.79 Å². The third-order valence-electron chi connectivity index (χ3n) is 3.29. The van der Waals surface area contributed by atoms with Gasteiger partial charge in [-0.25, -0.2) is 9.97 Å². The van der Waals surface area contributed by atoms with Crippen LogP contribution in [-0.4, -0.2) is 20.9 Å². The Morgan fingerprint density at radius 2 is 1.92 bits per heavy atom. The zero-order valence-corrected chi connectivity index (χ0v) is 13.2. The fourth-order valence-corrected chi connectivity index (χ4v) is 2.17. The standard InChI is InChI=1S/C18H17N5O/c1-13-10-16(17(24)20-12-14-6-5-9-19-11-14)23-18(21-13)22-15-7-3-2-4-8-15/h2-11H,12H2,1H3,(H,20,24)(H,21,22,23). The minimum atomic E-state index is -0.250. The lowest BCUT2D eigenvalue weighted by Crippen LogP contribution is -2.24. The van der Waals surface area contributed by atoms with Gasteiger partial charge in [-0.05, 0) is 36.8 Å². The van der Waals surface area contributed by atoms with E-state index in [2.05, 4.69) is 25.6 Å². The predicted octanol–water partition coefficient (Wildman–Crippen LogP) is 2.85. The summed E-state index contributed by atoms with van der Waals surface area (Å²) in [5, 5.41) is 5.94. The molecule has 2 N–H and O–H groups in total. The van der Waals surface area contributed by atoms with E-state index < -0.39 is 0 Å². The van der Waals surface area contributed by atoms with Crippen LogP contribution in [0.2, 0.25) is 0 Å². The Morgan fingerprint density at radius 3 is 2.67 bits per heavy atom. The topological polar surface area (TPSA) is 79.8 Å². The number of nitrogens with zero attached hydrogens (tertiary/aromatic N) is 3. The third kappa shape index (κ3) is 4.13. The lowest BCUT2D eigenvalue weighted by atomic mass is 10.2. The first-order valence-electron chi connectivity index (χ1n) is 7.55. The SMILES string of the molecule is Cc1cc(C(=O)NCc2cccnc2)nc(Nc2ccccc2)n1. The molecule has 0 aliphatic rings. The average molecular weight is 319 g/mol. The van der Waals surface area contributed by atoms with Crippen LogP contribution in [0.4, 0.5) is 11.6 Å². The number of rotatable bonds is 5. The van der Waals surface area contributed by atoms with E-state index in [1.807, 2.05) is 49.4 Å². The van der Waals surface area contributed by atoms with Gasteiger partial charge in [0.25, 0.3) is 5.91 Å². The number of para-hydroxylation sites is 1. The van der Waals surface area contributed by atoms with Gasteiger partial charge in [0, 0.05) is 30.3 Å². The Balaban J connectivity index is 1.72. The van der Waals surface area contributed by atoms with Crippen LogP contribution < -0.4 is 10.6 Å². The van der Waals surface area contributed by atoms with E-state index in [1.165, 1.54) is 0 Å². The van der Waals surface area contributed by atoms with Crippen molar-refractivity contribution in [2.75, 3.05) is 5.32 Å². The molecular formula is C18H17N5O. The Bertz CT molecular complexity index is 821. The number of aromatic nitrogens is 3. The molecule has 0 radical (unpaired) electrons. The molecule has 0 atom stereocenters. The molecule has 0 fully saturated rings. The van der Waals surface area contributed by atoms with E-state index in [-0.39, 0.29) is 5.91 Å². The summed E-state index contributed by atoms with van der Waals surface area (Å²) in [5.74, 6) is 0.146. The molecule has 3 rings (SSSR count). The zero-order chi connectivity index (χ0) is 16.8. The molecule has 6 nitrogen and oxygen atoms in total. The minimum absolute atomic E-state index is 0.250. The van der Waals surface area contributed by atoms with Crippen molar-refractivity contribution in [2.45, 2.75) is 13.5 Å². The minimum Gasteiger partial charge on any atom is -0.347 e. The van der Waals surface area contributed by atoms with Gasteiger partial charge in [0.2, 0.25) is 5.95 Å². The van der Waals surface area contributed by atoms with Crippen molar-refractivity contribution < 1.29 is 4.79 Å². The smallest absolute Gasteiger partial charge is 0.270 e. The maximum Gasteiger partial charge on any atom is 0.270 e. The van der Waals surface area contributed by atoms with Crippen molar-refractivity contribution in [1.29, 1.82) is 0 Å². The molecule has 2 heterocycles. The van der Waals surface area contributed by atoms with Crippen LogP contribution >= 0.6 is 0 Å². The van der Waals surface area contributed by atoms with Crippen molar-refractivity contribution in [2.24, 2.45) is 0 Å². The maximum absolute atomic E-state index is 12.3. The number of pyridine rings is 1. The monoisotopic (exact) mass is 319 g/mol. The first-order chi connectivity index (χ1) is 11.7. The van der Waals surface area contributed by atoms with E-state index in [0.29, 0.717) is 18.2 Å². The van der Waals surface area contributed by atoms with Gasteiger partial charge in [-0.3, -0.25) is 9.78 Å². The van der Waals surface area contributed by atoms with Crippen LogP contribution in [0.1, 0.15) is 21.7 Å². The first-order valence-corrected chi connectivity index (χ1v) is 7.55. The van der Waals surface area contributed by atoms with Crippen LogP contribution in [0.5, 0.6) is 0 Å². The number of carbonyl (C=O) groups excluding carboxylic acids is 1. The van der Waals surface area contributed by atoms with Gasteiger partial charge in [-0.15, -0.1) is 0 Å². The van der Waals surface area contributed by atoms with Crippen LogP contribution in [0, 0.1) is 6.92 Å². The summed E-state index contributed by atoms with van der Waals surface area (Å²) in [6.07, 6.45) is 3.41. The van der Waals surface area contributed by atoms with Crippen molar-refractivity contribution in [1.82, 2.24) is 20.3 Å². The first kappa shape index (κ1) is 15.6. The summed E-state index contributed by atoms with van der Waals surface area (Å²) in [7, 11) is 0. The molecule has 0 saturated heterocycles. The van der Waals surface area contributed by atoms with E-state index in [1.54, 1.807) is 18.5 Å². The summed E-state index contributed by atoms with van der Waals surface area (Å²) in [5.41, 5.74) is 2.84. The highest BCUT2D eigenvalue weighted by molar-refractivity contribution is 5.92. The number of hydrogen-bond donors (Lipinski definition) is 2. The number of anilines is 2. The molecule has 2 aromatic heterocycles. The molecule has 1 amide bonds. The molecular weight excluding hydrogens is 302 g/mol. The van der Waals surface area contributed by atoms with Gasteiger partial charge >= 0.3 is 0 Å². The number of nitrogens with one attached hydrogen (secondary N) is 2. The number of carbonyl (C=O) groups is 1. The molecule has 0 aliphatic heterocycles. The number of hydrogen-bond acceptors (Lipinski definition) is 5. The van der Waals surface area contributed by atoms with Gasteiger partial charge in [0.1, 0.15) is 5.69 Å². The average Bonchev–Trinajstić information content (AvgIpc) is 2.61. The van der Waals surface area contributed by atoms with E-state index in [0.717, 1.165) is 16.9 Å². The van der Waals surface area contributed by atoms with Gasteiger partial charge in [0.05, 0.1) is 0 Å².